The number of aryl methyl sites for hydroxylation is 2. The molecule has 0 radical (unpaired) electrons. The van der Waals surface area contributed by atoms with E-state index in [2.05, 4.69) is 4.72 Å². The molecule has 0 unspecified atom stereocenters. The fourth-order valence-corrected chi connectivity index (χ4v) is 4.25. The Balaban J connectivity index is 1.96. The molecule has 0 aliphatic rings. The van der Waals surface area contributed by atoms with Crippen LogP contribution in [-0.4, -0.2) is 32.3 Å². The number of benzene rings is 2. The summed E-state index contributed by atoms with van der Waals surface area (Å²) in [6.07, 6.45) is 0.990. The molecular formula is C21H28N2O3S. The van der Waals surface area contributed by atoms with Crippen molar-refractivity contribution in [3.05, 3.63) is 65.2 Å². The van der Waals surface area contributed by atoms with Crippen LogP contribution < -0.4 is 4.72 Å². The van der Waals surface area contributed by atoms with Crippen molar-refractivity contribution in [3.8, 4) is 0 Å². The van der Waals surface area contributed by atoms with Gasteiger partial charge in [-0.15, -0.1) is 0 Å². The van der Waals surface area contributed by atoms with E-state index in [4.69, 9.17) is 0 Å². The molecule has 27 heavy (non-hydrogen) atoms. The molecule has 0 aliphatic carbocycles. The van der Waals surface area contributed by atoms with Gasteiger partial charge in [0.15, 0.2) is 0 Å². The van der Waals surface area contributed by atoms with E-state index in [0.717, 1.165) is 17.5 Å². The Morgan fingerprint density at radius 1 is 1.07 bits per heavy atom. The van der Waals surface area contributed by atoms with E-state index in [1.807, 2.05) is 50.2 Å². The summed E-state index contributed by atoms with van der Waals surface area (Å²) in [5, 5.41) is 0. The van der Waals surface area contributed by atoms with Crippen molar-refractivity contribution < 1.29 is 13.2 Å². The predicted octanol–water partition coefficient (Wildman–Crippen LogP) is 3.41. The van der Waals surface area contributed by atoms with Crippen LogP contribution in [0, 0.1) is 13.8 Å². The van der Waals surface area contributed by atoms with Gasteiger partial charge < -0.3 is 4.90 Å². The number of nitrogens with one attached hydrogen (secondary N) is 1. The van der Waals surface area contributed by atoms with Crippen LogP contribution >= 0.6 is 0 Å². The first-order chi connectivity index (χ1) is 12.8. The molecule has 2 aromatic carbocycles. The second kappa shape index (κ2) is 9.67. The molecule has 0 fully saturated rings. The van der Waals surface area contributed by atoms with E-state index < -0.39 is 10.0 Å². The van der Waals surface area contributed by atoms with Crippen molar-refractivity contribution in [2.45, 2.75) is 45.1 Å². The summed E-state index contributed by atoms with van der Waals surface area (Å²) in [6, 6.07) is 15.0. The lowest BCUT2D eigenvalue weighted by Gasteiger charge is -2.22. The minimum atomic E-state index is -3.62. The topological polar surface area (TPSA) is 66.5 Å². The maximum atomic E-state index is 12.6. The van der Waals surface area contributed by atoms with Crippen LogP contribution in [-0.2, 0) is 21.4 Å². The van der Waals surface area contributed by atoms with Crippen LogP contribution in [0.5, 0.6) is 0 Å². The lowest BCUT2D eigenvalue weighted by Crippen LogP contribution is -2.35. The summed E-state index contributed by atoms with van der Waals surface area (Å²) in [5.41, 5.74) is 2.78. The zero-order valence-electron chi connectivity index (χ0n) is 16.2. The first-order valence-electron chi connectivity index (χ1n) is 9.22. The van der Waals surface area contributed by atoms with Crippen molar-refractivity contribution in [3.63, 3.8) is 0 Å². The highest BCUT2D eigenvalue weighted by molar-refractivity contribution is 7.89. The summed E-state index contributed by atoms with van der Waals surface area (Å²) >= 11 is 0. The Bertz CT molecular complexity index is 864. The Kier molecular flexibility index (Phi) is 7.56. The minimum absolute atomic E-state index is 0.0518. The van der Waals surface area contributed by atoms with Crippen molar-refractivity contribution >= 4 is 15.9 Å². The highest BCUT2D eigenvalue weighted by Crippen LogP contribution is 2.16. The monoisotopic (exact) mass is 388 g/mol. The van der Waals surface area contributed by atoms with Crippen molar-refractivity contribution in [1.29, 1.82) is 0 Å². The molecule has 0 saturated carbocycles. The van der Waals surface area contributed by atoms with E-state index in [1.165, 1.54) is 0 Å². The maximum Gasteiger partial charge on any atom is 0.240 e. The van der Waals surface area contributed by atoms with Gasteiger partial charge in [0, 0.05) is 26.1 Å². The summed E-state index contributed by atoms with van der Waals surface area (Å²) in [7, 11) is -3.62. The largest absolute Gasteiger partial charge is 0.338 e. The van der Waals surface area contributed by atoms with Gasteiger partial charge in [0.05, 0.1) is 4.90 Å². The lowest BCUT2D eigenvalue weighted by atomic mass is 10.2. The first kappa shape index (κ1) is 21.1. The van der Waals surface area contributed by atoms with Crippen molar-refractivity contribution in [2.75, 3.05) is 13.1 Å². The van der Waals surface area contributed by atoms with Crippen LogP contribution in [0.2, 0.25) is 0 Å². The van der Waals surface area contributed by atoms with Crippen LogP contribution in [0.4, 0.5) is 0 Å². The number of rotatable bonds is 9. The molecule has 146 valence electrons. The van der Waals surface area contributed by atoms with Crippen LogP contribution in [0.25, 0.3) is 0 Å². The van der Waals surface area contributed by atoms with E-state index in [-0.39, 0.29) is 23.8 Å². The van der Waals surface area contributed by atoms with E-state index in [1.54, 1.807) is 24.0 Å². The second-order valence-electron chi connectivity index (χ2n) is 6.72. The minimum Gasteiger partial charge on any atom is -0.338 e. The molecule has 0 atom stereocenters. The fourth-order valence-electron chi connectivity index (χ4n) is 2.99. The van der Waals surface area contributed by atoms with E-state index in [9.17, 15) is 13.2 Å². The van der Waals surface area contributed by atoms with Gasteiger partial charge in [-0.25, -0.2) is 13.1 Å². The molecule has 0 aliphatic heterocycles. The van der Waals surface area contributed by atoms with Crippen molar-refractivity contribution in [1.82, 2.24) is 9.62 Å². The molecule has 1 amide bonds. The molecule has 0 saturated heterocycles. The van der Waals surface area contributed by atoms with Crippen LogP contribution in [0.15, 0.2) is 53.4 Å². The fraction of sp³-hybridized carbons (Fsp3) is 0.381. The molecule has 0 aromatic heterocycles. The Morgan fingerprint density at radius 3 is 2.41 bits per heavy atom. The summed E-state index contributed by atoms with van der Waals surface area (Å²) in [4.78, 5) is 14.6. The predicted molar refractivity (Wildman–Crippen MR) is 108 cm³/mol. The highest BCUT2D eigenvalue weighted by atomic mass is 32.2. The third-order valence-electron chi connectivity index (χ3n) is 4.31. The van der Waals surface area contributed by atoms with E-state index in [0.29, 0.717) is 18.7 Å². The zero-order chi connectivity index (χ0) is 19.9. The quantitative estimate of drug-likeness (QED) is 0.716. The molecule has 5 nitrogen and oxygen atoms in total. The molecule has 1 N–H and O–H groups in total. The maximum absolute atomic E-state index is 12.6. The number of sulfonamides is 1. The lowest BCUT2D eigenvalue weighted by molar-refractivity contribution is -0.131. The Morgan fingerprint density at radius 2 is 1.78 bits per heavy atom. The van der Waals surface area contributed by atoms with Crippen molar-refractivity contribution in [2.24, 2.45) is 0 Å². The third-order valence-corrected chi connectivity index (χ3v) is 5.93. The molecule has 0 heterocycles. The number of carbonyl (C=O) groups excluding carboxylic acids is 1. The van der Waals surface area contributed by atoms with Gasteiger partial charge in [0.2, 0.25) is 15.9 Å². The Labute approximate surface area is 162 Å². The molecular weight excluding hydrogens is 360 g/mol. The molecule has 2 rings (SSSR count). The van der Waals surface area contributed by atoms with Gasteiger partial charge in [-0.2, -0.15) is 0 Å². The van der Waals surface area contributed by atoms with Crippen LogP contribution in [0.3, 0.4) is 0 Å². The van der Waals surface area contributed by atoms with Gasteiger partial charge in [-0.3, -0.25) is 4.79 Å². The highest BCUT2D eigenvalue weighted by Gasteiger charge is 2.18. The second-order valence-corrected chi connectivity index (χ2v) is 8.45. The van der Waals surface area contributed by atoms with Gasteiger partial charge in [-0.05, 0) is 37.5 Å². The molecule has 2 aromatic rings. The van der Waals surface area contributed by atoms with Gasteiger partial charge in [0.1, 0.15) is 0 Å². The summed E-state index contributed by atoms with van der Waals surface area (Å²) in [6.45, 7) is 6.99. The number of nitrogens with zero attached hydrogens (tertiary/aromatic N) is 1. The van der Waals surface area contributed by atoms with Crippen LogP contribution in [0.1, 0.15) is 36.5 Å². The number of amides is 1. The van der Waals surface area contributed by atoms with Gasteiger partial charge in [-0.1, -0.05) is 55.0 Å². The zero-order valence-corrected chi connectivity index (χ0v) is 17.1. The SMILES string of the molecule is CCCN(Cc1ccccc1)C(=O)CCNS(=O)(=O)c1ccc(C)cc1C. The third kappa shape index (κ3) is 6.19. The first-order valence-corrected chi connectivity index (χ1v) is 10.7. The van der Waals surface area contributed by atoms with Gasteiger partial charge >= 0.3 is 0 Å². The summed E-state index contributed by atoms with van der Waals surface area (Å²) in [5.74, 6) is -0.0518. The molecule has 0 bridgehead atoms. The number of hydrogen-bond acceptors (Lipinski definition) is 3. The molecule has 0 spiro atoms. The average molecular weight is 389 g/mol. The number of carbonyl (C=O) groups is 1. The van der Waals surface area contributed by atoms with E-state index >= 15 is 0 Å². The average Bonchev–Trinajstić information content (AvgIpc) is 2.61. The number of hydrogen-bond donors (Lipinski definition) is 1. The molecule has 6 heteroatoms. The summed E-state index contributed by atoms with van der Waals surface area (Å²) < 4.78 is 27.5. The Hall–Kier alpha value is -2.18. The van der Waals surface area contributed by atoms with Gasteiger partial charge in [0.25, 0.3) is 0 Å². The smallest absolute Gasteiger partial charge is 0.240 e. The normalized spacial score (nSPS) is 11.4. The standard InChI is InChI=1S/C21H28N2O3S/c1-4-14-23(16-19-8-6-5-7-9-19)21(24)12-13-22-27(25,26)20-11-10-17(2)15-18(20)3/h5-11,15,22H,4,12-14,16H2,1-3H3.